The molecular weight excluding hydrogens is 402 g/mol. The number of benzene rings is 1. The van der Waals surface area contributed by atoms with Gasteiger partial charge >= 0.3 is 0 Å². The SMILES string of the molecule is Cc1nn(C)c(C)c1CCC(=O)N1CCCCNC(c2ccccc2)CC(=O)NCCC1. The molecule has 1 fully saturated rings. The maximum Gasteiger partial charge on any atom is 0.222 e. The van der Waals surface area contributed by atoms with Crippen LogP contribution in [0.3, 0.4) is 0 Å². The number of hydrogen-bond acceptors (Lipinski definition) is 4. The third-order valence-electron chi connectivity index (χ3n) is 6.36. The molecule has 1 aliphatic heterocycles. The van der Waals surface area contributed by atoms with Gasteiger partial charge in [0.05, 0.1) is 5.69 Å². The normalized spacial score (nSPS) is 18.9. The zero-order valence-electron chi connectivity index (χ0n) is 19.7. The summed E-state index contributed by atoms with van der Waals surface area (Å²) >= 11 is 0. The number of carbonyl (C=O) groups is 2. The second-order valence-electron chi connectivity index (χ2n) is 8.69. The van der Waals surface area contributed by atoms with Crippen molar-refractivity contribution in [1.29, 1.82) is 0 Å². The van der Waals surface area contributed by atoms with Gasteiger partial charge in [0, 0.05) is 51.3 Å². The van der Waals surface area contributed by atoms with Crippen LogP contribution in [-0.2, 0) is 23.1 Å². The molecule has 2 amide bonds. The van der Waals surface area contributed by atoms with Crippen LogP contribution in [0.25, 0.3) is 0 Å². The molecule has 1 aromatic heterocycles. The average Bonchev–Trinajstić information content (AvgIpc) is 3.04. The Morgan fingerprint density at radius 3 is 2.56 bits per heavy atom. The molecule has 32 heavy (non-hydrogen) atoms. The molecule has 0 radical (unpaired) electrons. The van der Waals surface area contributed by atoms with Crippen LogP contribution >= 0.6 is 0 Å². The van der Waals surface area contributed by atoms with E-state index in [2.05, 4.69) is 34.8 Å². The van der Waals surface area contributed by atoms with Gasteiger partial charge in [-0.3, -0.25) is 14.3 Å². The van der Waals surface area contributed by atoms with Crippen LogP contribution in [0, 0.1) is 13.8 Å². The Balaban J connectivity index is 1.56. The van der Waals surface area contributed by atoms with E-state index in [4.69, 9.17) is 0 Å². The number of rotatable bonds is 4. The molecule has 0 saturated carbocycles. The fourth-order valence-corrected chi connectivity index (χ4v) is 4.38. The van der Waals surface area contributed by atoms with Gasteiger partial charge in [0.15, 0.2) is 0 Å². The molecule has 0 bridgehead atoms. The summed E-state index contributed by atoms with van der Waals surface area (Å²) in [4.78, 5) is 27.4. The largest absolute Gasteiger partial charge is 0.356 e. The molecule has 1 aliphatic rings. The minimum atomic E-state index is 0.0145. The van der Waals surface area contributed by atoms with Crippen molar-refractivity contribution < 1.29 is 9.59 Å². The van der Waals surface area contributed by atoms with Gasteiger partial charge in [0.25, 0.3) is 0 Å². The lowest BCUT2D eigenvalue weighted by molar-refractivity contribution is -0.131. The van der Waals surface area contributed by atoms with Gasteiger partial charge < -0.3 is 15.5 Å². The van der Waals surface area contributed by atoms with Gasteiger partial charge in [-0.25, -0.2) is 0 Å². The predicted octanol–water partition coefficient (Wildman–Crippen LogP) is 2.82. The van der Waals surface area contributed by atoms with Gasteiger partial charge in [-0.15, -0.1) is 0 Å². The number of nitrogens with one attached hydrogen (secondary N) is 2. The number of hydrogen-bond donors (Lipinski definition) is 2. The molecule has 0 aliphatic carbocycles. The topological polar surface area (TPSA) is 79.3 Å². The molecule has 1 atom stereocenters. The van der Waals surface area contributed by atoms with Crippen LogP contribution in [0.5, 0.6) is 0 Å². The number of aryl methyl sites for hydroxylation is 2. The molecule has 1 saturated heterocycles. The second kappa shape index (κ2) is 11.8. The van der Waals surface area contributed by atoms with Gasteiger partial charge in [-0.1, -0.05) is 30.3 Å². The van der Waals surface area contributed by atoms with Gasteiger partial charge in [-0.2, -0.15) is 5.10 Å². The van der Waals surface area contributed by atoms with Crippen LogP contribution in [0.2, 0.25) is 0 Å². The van der Waals surface area contributed by atoms with Crippen molar-refractivity contribution >= 4 is 11.8 Å². The van der Waals surface area contributed by atoms with Gasteiger partial charge in [-0.05, 0) is 57.2 Å². The molecule has 2 N–H and O–H groups in total. The Morgan fingerprint density at radius 1 is 1.09 bits per heavy atom. The first kappa shape index (κ1) is 24.0. The molecular formula is C25H37N5O2. The number of amides is 2. The zero-order valence-corrected chi connectivity index (χ0v) is 19.7. The summed E-state index contributed by atoms with van der Waals surface area (Å²) in [5, 5.41) is 11.0. The van der Waals surface area contributed by atoms with E-state index in [0.29, 0.717) is 25.9 Å². The van der Waals surface area contributed by atoms with Crippen LogP contribution in [0.15, 0.2) is 30.3 Å². The van der Waals surface area contributed by atoms with E-state index in [0.717, 1.165) is 55.7 Å². The smallest absolute Gasteiger partial charge is 0.222 e. The van der Waals surface area contributed by atoms with Crippen molar-refractivity contribution in [3.63, 3.8) is 0 Å². The number of carbonyl (C=O) groups excluding carboxylic acids is 2. The van der Waals surface area contributed by atoms with E-state index in [-0.39, 0.29) is 17.9 Å². The fourth-order valence-electron chi connectivity index (χ4n) is 4.38. The van der Waals surface area contributed by atoms with Gasteiger partial charge in [0.2, 0.25) is 11.8 Å². The first-order chi connectivity index (χ1) is 15.5. The summed E-state index contributed by atoms with van der Waals surface area (Å²) in [7, 11) is 1.94. The maximum atomic E-state index is 13.0. The summed E-state index contributed by atoms with van der Waals surface area (Å²) in [6, 6.07) is 10.2. The maximum absolute atomic E-state index is 13.0. The molecule has 1 unspecified atom stereocenters. The minimum absolute atomic E-state index is 0.0145. The molecule has 2 heterocycles. The highest BCUT2D eigenvalue weighted by Crippen LogP contribution is 2.18. The highest BCUT2D eigenvalue weighted by atomic mass is 16.2. The molecule has 7 nitrogen and oxygen atoms in total. The highest BCUT2D eigenvalue weighted by Gasteiger charge is 2.18. The minimum Gasteiger partial charge on any atom is -0.356 e. The molecule has 0 spiro atoms. The molecule has 3 rings (SSSR count). The van der Waals surface area contributed by atoms with Gasteiger partial charge in [0.1, 0.15) is 0 Å². The Kier molecular flexibility index (Phi) is 8.85. The molecule has 7 heteroatoms. The predicted molar refractivity (Wildman–Crippen MR) is 126 cm³/mol. The Morgan fingerprint density at radius 2 is 1.84 bits per heavy atom. The van der Waals surface area contributed by atoms with E-state index >= 15 is 0 Å². The lowest BCUT2D eigenvalue weighted by Crippen LogP contribution is -2.35. The Labute approximate surface area is 191 Å². The third-order valence-corrected chi connectivity index (χ3v) is 6.36. The summed E-state index contributed by atoms with van der Waals surface area (Å²) in [5.41, 5.74) is 4.44. The summed E-state index contributed by atoms with van der Waals surface area (Å²) in [6.07, 6.45) is 4.33. The first-order valence-electron chi connectivity index (χ1n) is 11.8. The zero-order chi connectivity index (χ0) is 22.9. The summed E-state index contributed by atoms with van der Waals surface area (Å²) in [5.74, 6) is 0.231. The van der Waals surface area contributed by atoms with E-state index in [1.807, 2.05) is 41.8 Å². The summed E-state index contributed by atoms with van der Waals surface area (Å²) < 4.78 is 1.88. The van der Waals surface area contributed by atoms with Crippen LogP contribution in [0.1, 0.15) is 60.7 Å². The van der Waals surface area contributed by atoms with Crippen LogP contribution < -0.4 is 10.6 Å². The van der Waals surface area contributed by atoms with Crippen LogP contribution in [-0.4, -0.2) is 52.7 Å². The van der Waals surface area contributed by atoms with Crippen molar-refractivity contribution in [2.75, 3.05) is 26.2 Å². The van der Waals surface area contributed by atoms with Crippen LogP contribution in [0.4, 0.5) is 0 Å². The van der Waals surface area contributed by atoms with Crippen molar-refractivity contribution in [3.8, 4) is 0 Å². The third kappa shape index (κ3) is 6.66. The van der Waals surface area contributed by atoms with E-state index < -0.39 is 0 Å². The van der Waals surface area contributed by atoms with Crippen molar-refractivity contribution in [2.45, 2.75) is 58.4 Å². The second-order valence-corrected chi connectivity index (χ2v) is 8.69. The monoisotopic (exact) mass is 439 g/mol. The Bertz CT molecular complexity index is 893. The number of nitrogens with zero attached hydrogens (tertiary/aromatic N) is 3. The molecule has 2 aromatic rings. The highest BCUT2D eigenvalue weighted by molar-refractivity contribution is 5.77. The van der Waals surface area contributed by atoms with Crippen molar-refractivity contribution in [3.05, 3.63) is 52.8 Å². The van der Waals surface area contributed by atoms with E-state index in [9.17, 15) is 9.59 Å². The quantitative estimate of drug-likeness (QED) is 0.768. The summed E-state index contributed by atoms with van der Waals surface area (Å²) in [6.45, 7) is 6.91. The van der Waals surface area contributed by atoms with E-state index in [1.54, 1.807) is 0 Å². The van der Waals surface area contributed by atoms with Crippen molar-refractivity contribution in [2.24, 2.45) is 7.05 Å². The van der Waals surface area contributed by atoms with Crippen molar-refractivity contribution in [1.82, 2.24) is 25.3 Å². The average molecular weight is 440 g/mol. The fraction of sp³-hybridized carbons (Fsp3) is 0.560. The standard InChI is InChI=1S/C25H37N5O2/c1-19-22(20(2)29(3)28-19)12-13-25(32)30-16-8-7-14-26-23(21-10-5-4-6-11-21)18-24(31)27-15-9-17-30/h4-6,10-11,23,26H,7-9,12-18H2,1-3H3,(H,27,31). The molecule has 1 aromatic carbocycles. The molecule has 174 valence electrons. The lowest BCUT2D eigenvalue weighted by atomic mass is 10.0. The number of aromatic nitrogens is 2. The first-order valence-corrected chi connectivity index (χ1v) is 11.8. The lowest BCUT2D eigenvalue weighted by Gasteiger charge is -2.23. The van der Waals surface area contributed by atoms with E-state index in [1.165, 1.54) is 5.56 Å². The Hall–Kier alpha value is -2.67.